The summed E-state index contributed by atoms with van der Waals surface area (Å²) in [5.74, 6) is 1.06. The Hall–Kier alpha value is -2.64. The van der Waals surface area contributed by atoms with Gasteiger partial charge in [-0.1, -0.05) is 13.8 Å². The van der Waals surface area contributed by atoms with Gasteiger partial charge in [0.1, 0.15) is 5.82 Å². The van der Waals surface area contributed by atoms with Gasteiger partial charge >= 0.3 is 5.69 Å². The normalized spacial score (nSPS) is 16.6. The summed E-state index contributed by atoms with van der Waals surface area (Å²) in [6.07, 6.45) is 4.59. The fourth-order valence-corrected chi connectivity index (χ4v) is 3.48. The summed E-state index contributed by atoms with van der Waals surface area (Å²) in [6.45, 7) is 7.89. The Morgan fingerprint density at radius 1 is 1.32 bits per heavy atom. The second-order valence-corrected chi connectivity index (χ2v) is 7.79. The van der Waals surface area contributed by atoms with Gasteiger partial charge in [0.2, 0.25) is 0 Å². The van der Waals surface area contributed by atoms with E-state index >= 15 is 0 Å². The summed E-state index contributed by atoms with van der Waals surface area (Å²) in [5, 5.41) is 7.50. The molecule has 8 nitrogen and oxygen atoms in total. The van der Waals surface area contributed by atoms with Crippen LogP contribution in [0.1, 0.15) is 56.2 Å². The predicted octanol–water partition coefficient (Wildman–Crippen LogP) is 1.41. The Morgan fingerprint density at radius 2 is 2.11 bits per heavy atom. The van der Waals surface area contributed by atoms with Gasteiger partial charge in [-0.2, -0.15) is 5.10 Å². The number of amides is 1. The highest BCUT2D eigenvalue weighted by Gasteiger charge is 2.22. The van der Waals surface area contributed by atoms with E-state index in [1.807, 2.05) is 6.92 Å². The summed E-state index contributed by atoms with van der Waals surface area (Å²) >= 11 is 0. The first-order chi connectivity index (χ1) is 13.4. The molecule has 1 N–H and O–H groups in total. The lowest BCUT2D eigenvalue weighted by atomic mass is 10.1. The largest absolute Gasteiger partial charge is 0.349 e. The van der Waals surface area contributed by atoms with Gasteiger partial charge in [-0.3, -0.25) is 14.2 Å². The van der Waals surface area contributed by atoms with Crippen LogP contribution in [-0.2, 0) is 26.1 Å². The lowest BCUT2D eigenvalue weighted by Gasteiger charge is -2.16. The number of carbonyl (C=O) groups is 1. The summed E-state index contributed by atoms with van der Waals surface area (Å²) in [4.78, 5) is 37.0. The van der Waals surface area contributed by atoms with Crippen LogP contribution in [0.4, 0.5) is 0 Å². The molecule has 0 saturated heterocycles. The molecule has 0 aliphatic carbocycles. The van der Waals surface area contributed by atoms with Crippen molar-refractivity contribution in [2.45, 2.75) is 72.1 Å². The molecule has 0 bridgehead atoms. The molecule has 3 rings (SSSR count). The zero-order valence-electron chi connectivity index (χ0n) is 16.9. The third kappa shape index (κ3) is 4.43. The molecule has 1 amide bonds. The maximum absolute atomic E-state index is 12.6. The van der Waals surface area contributed by atoms with Crippen LogP contribution in [0.15, 0.2) is 27.9 Å². The quantitative estimate of drug-likeness (QED) is 0.811. The van der Waals surface area contributed by atoms with Crippen LogP contribution in [0.2, 0.25) is 0 Å². The molecular weight excluding hydrogens is 358 g/mol. The lowest BCUT2D eigenvalue weighted by molar-refractivity contribution is 0.0932. The molecule has 0 radical (unpaired) electrons. The van der Waals surface area contributed by atoms with Crippen LogP contribution >= 0.6 is 0 Å². The Morgan fingerprint density at radius 3 is 2.79 bits per heavy atom. The van der Waals surface area contributed by atoms with Crippen LogP contribution in [0.5, 0.6) is 0 Å². The van der Waals surface area contributed by atoms with Gasteiger partial charge < -0.3 is 9.88 Å². The SMILES string of the molecule is CCn1ccc(C(=O)NC2CCc3nn(CCC(C)C)c(=O)n3CC2)cc1=O. The van der Waals surface area contributed by atoms with Crippen LogP contribution in [0.3, 0.4) is 0 Å². The number of aryl methyl sites for hydroxylation is 3. The Kier molecular flexibility index (Phi) is 6.16. The number of aromatic nitrogens is 4. The molecule has 28 heavy (non-hydrogen) atoms. The fourth-order valence-electron chi connectivity index (χ4n) is 3.48. The number of fused-ring (bicyclic) bond motifs is 1. The third-order valence-corrected chi connectivity index (χ3v) is 5.27. The van der Waals surface area contributed by atoms with Crippen molar-refractivity contribution >= 4 is 5.91 Å². The van der Waals surface area contributed by atoms with E-state index in [1.54, 1.807) is 26.1 Å². The van der Waals surface area contributed by atoms with E-state index in [-0.39, 0.29) is 23.2 Å². The van der Waals surface area contributed by atoms with E-state index < -0.39 is 0 Å². The molecule has 1 aliphatic rings. The molecule has 0 fully saturated rings. The van der Waals surface area contributed by atoms with Crippen LogP contribution in [0.25, 0.3) is 0 Å². The van der Waals surface area contributed by atoms with Crippen molar-refractivity contribution in [2.75, 3.05) is 0 Å². The van der Waals surface area contributed by atoms with E-state index in [9.17, 15) is 14.4 Å². The maximum atomic E-state index is 12.6. The minimum absolute atomic E-state index is 0.0497. The summed E-state index contributed by atoms with van der Waals surface area (Å²) in [6, 6.07) is 2.98. The molecular formula is C20H29N5O3. The molecule has 1 atom stereocenters. The van der Waals surface area contributed by atoms with Crippen molar-refractivity contribution in [2.24, 2.45) is 5.92 Å². The first kappa shape index (κ1) is 20.1. The molecule has 1 aliphatic heterocycles. The summed E-state index contributed by atoms with van der Waals surface area (Å²) < 4.78 is 4.84. The highest BCUT2D eigenvalue weighted by atomic mass is 16.2. The highest BCUT2D eigenvalue weighted by Crippen LogP contribution is 2.13. The first-order valence-corrected chi connectivity index (χ1v) is 10.1. The molecule has 152 valence electrons. The predicted molar refractivity (Wildman–Crippen MR) is 107 cm³/mol. The fraction of sp³-hybridized carbons (Fsp3) is 0.600. The standard InChI is InChI=1S/C20H29N5O3/c1-4-23-10-8-15(13-18(23)26)19(27)21-16-5-6-17-22-25(12-7-14(2)3)20(28)24(17)11-9-16/h8,10,13-14,16H,4-7,9,11-12H2,1-3H3,(H,21,27). The first-order valence-electron chi connectivity index (χ1n) is 10.1. The Balaban J connectivity index is 1.64. The molecule has 2 aromatic rings. The average molecular weight is 387 g/mol. The van der Waals surface area contributed by atoms with Crippen molar-refractivity contribution < 1.29 is 4.79 Å². The number of nitrogens with one attached hydrogen (secondary N) is 1. The Bertz CT molecular complexity index is 953. The van der Waals surface area contributed by atoms with E-state index in [0.29, 0.717) is 44.0 Å². The number of carbonyl (C=O) groups excluding carboxylic acids is 1. The third-order valence-electron chi connectivity index (χ3n) is 5.27. The number of hydrogen-bond donors (Lipinski definition) is 1. The smallest absolute Gasteiger partial charge is 0.345 e. The molecule has 0 saturated carbocycles. The van der Waals surface area contributed by atoms with E-state index in [2.05, 4.69) is 24.3 Å². The summed E-state index contributed by atoms with van der Waals surface area (Å²) in [5.41, 5.74) is 0.122. The van der Waals surface area contributed by atoms with Crippen molar-refractivity contribution in [3.8, 4) is 0 Å². The monoisotopic (exact) mass is 387 g/mol. The van der Waals surface area contributed by atoms with Gasteiger partial charge in [0.15, 0.2) is 0 Å². The highest BCUT2D eigenvalue weighted by molar-refractivity contribution is 5.94. The minimum Gasteiger partial charge on any atom is -0.349 e. The lowest BCUT2D eigenvalue weighted by Crippen LogP contribution is -2.36. The summed E-state index contributed by atoms with van der Waals surface area (Å²) in [7, 11) is 0. The number of nitrogens with zero attached hydrogens (tertiary/aromatic N) is 4. The Labute approximate surface area is 164 Å². The average Bonchev–Trinajstić information content (AvgIpc) is 2.83. The van der Waals surface area contributed by atoms with Gasteiger partial charge in [0, 0.05) is 49.9 Å². The molecule has 2 aromatic heterocycles. The zero-order chi connectivity index (χ0) is 20.3. The zero-order valence-corrected chi connectivity index (χ0v) is 16.9. The second kappa shape index (κ2) is 8.58. The van der Waals surface area contributed by atoms with Crippen LogP contribution in [0, 0.1) is 5.92 Å². The maximum Gasteiger partial charge on any atom is 0.345 e. The molecule has 1 unspecified atom stereocenters. The molecule has 3 heterocycles. The molecule has 0 aromatic carbocycles. The van der Waals surface area contributed by atoms with Crippen molar-refractivity contribution in [3.63, 3.8) is 0 Å². The van der Waals surface area contributed by atoms with Gasteiger partial charge in [0.25, 0.3) is 11.5 Å². The van der Waals surface area contributed by atoms with Gasteiger partial charge in [0.05, 0.1) is 0 Å². The van der Waals surface area contributed by atoms with Crippen molar-refractivity contribution in [1.29, 1.82) is 0 Å². The van der Waals surface area contributed by atoms with E-state index in [1.165, 1.54) is 6.07 Å². The topological polar surface area (TPSA) is 90.9 Å². The van der Waals surface area contributed by atoms with Crippen LogP contribution in [-0.4, -0.2) is 30.9 Å². The second-order valence-electron chi connectivity index (χ2n) is 7.79. The van der Waals surface area contributed by atoms with E-state index in [0.717, 1.165) is 18.7 Å². The number of pyridine rings is 1. The van der Waals surface area contributed by atoms with Gasteiger partial charge in [-0.15, -0.1) is 0 Å². The number of hydrogen-bond acceptors (Lipinski definition) is 4. The molecule has 8 heteroatoms. The number of rotatable bonds is 6. The van der Waals surface area contributed by atoms with Gasteiger partial charge in [-0.25, -0.2) is 9.48 Å². The minimum atomic E-state index is -0.251. The van der Waals surface area contributed by atoms with Crippen molar-refractivity contribution in [1.82, 2.24) is 24.2 Å². The van der Waals surface area contributed by atoms with E-state index in [4.69, 9.17) is 0 Å². The molecule has 0 spiro atoms. The van der Waals surface area contributed by atoms with Crippen LogP contribution < -0.4 is 16.6 Å². The van der Waals surface area contributed by atoms with Gasteiger partial charge in [-0.05, 0) is 38.2 Å². The van der Waals surface area contributed by atoms with Crippen molar-refractivity contribution in [3.05, 3.63) is 50.6 Å².